The smallest absolute Gasteiger partial charge is 0.0241 e. The SMILES string of the molecule is C1CC2CCC2NN1. The van der Waals surface area contributed by atoms with Crippen molar-refractivity contribution in [3.63, 3.8) is 0 Å². The fraction of sp³-hybridized carbons (Fsp3) is 1.00. The minimum atomic E-state index is 0.823. The van der Waals surface area contributed by atoms with Gasteiger partial charge in [-0.2, -0.15) is 0 Å². The summed E-state index contributed by atoms with van der Waals surface area (Å²) in [4.78, 5) is 0. The van der Waals surface area contributed by atoms with Gasteiger partial charge in [0.25, 0.3) is 0 Å². The van der Waals surface area contributed by atoms with Gasteiger partial charge in [-0.3, -0.25) is 10.9 Å². The van der Waals surface area contributed by atoms with Gasteiger partial charge in [-0.15, -0.1) is 0 Å². The van der Waals surface area contributed by atoms with Crippen LogP contribution in [0.25, 0.3) is 0 Å². The van der Waals surface area contributed by atoms with E-state index in [2.05, 4.69) is 10.9 Å². The zero-order chi connectivity index (χ0) is 5.40. The first-order valence-corrected chi connectivity index (χ1v) is 3.45. The van der Waals surface area contributed by atoms with Crippen LogP contribution in [0.1, 0.15) is 19.3 Å². The van der Waals surface area contributed by atoms with E-state index < -0.39 is 0 Å². The Bertz CT molecular complexity index is 80.5. The van der Waals surface area contributed by atoms with E-state index in [0.717, 1.165) is 12.0 Å². The second-order valence-electron chi connectivity index (χ2n) is 2.80. The third-order valence-electron chi connectivity index (χ3n) is 2.35. The zero-order valence-electron chi connectivity index (χ0n) is 4.98. The summed E-state index contributed by atoms with van der Waals surface area (Å²) in [7, 11) is 0. The van der Waals surface area contributed by atoms with Crippen molar-refractivity contribution in [1.29, 1.82) is 0 Å². The molecule has 0 aromatic carbocycles. The number of hydrazine groups is 1. The van der Waals surface area contributed by atoms with Crippen molar-refractivity contribution in [2.24, 2.45) is 5.92 Å². The van der Waals surface area contributed by atoms with Crippen molar-refractivity contribution < 1.29 is 0 Å². The topological polar surface area (TPSA) is 24.1 Å². The van der Waals surface area contributed by atoms with Crippen molar-refractivity contribution in [2.45, 2.75) is 25.3 Å². The quantitative estimate of drug-likeness (QED) is 0.470. The highest BCUT2D eigenvalue weighted by atomic mass is 15.4. The highest BCUT2D eigenvalue weighted by Gasteiger charge is 2.32. The van der Waals surface area contributed by atoms with Crippen LogP contribution in [0.5, 0.6) is 0 Å². The molecule has 1 saturated heterocycles. The molecule has 1 saturated carbocycles. The standard InChI is InChI=1S/C6H12N2/c1-2-6-5(1)3-4-7-8-6/h5-8H,1-4H2. The van der Waals surface area contributed by atoms with Crippen LogP contribution in [-0.2, 0) is 0 Å². The fourth-order valence-electron chi connectivity index (χ4n) is 1.57. The molecule has 8 heavy (non-hydrogen) atoms. The van der Waals surface area contributed by atoms with E-state index in [4.69, 9.17) is 0 Å². The lowest BCUT2D eigenvalue weighted by molar-refractivity contribution is 0.138. The number of hydrogen-bond acceptors (Lipinski definition) is 2. The summed E-state index contributed by atoms with van der Waals surface area (Å²) in [6.07, 6.45) is 4.23. The van der Waals surface area contributed by atoms with E-state index in [-0.39, 0.29) is 0 Å². The third-order valence-corrected chi connectivity index (χ3v) is 2.35. The molecule has 0 aromatic rings. The van der Waals surface area contributed by atoms with Gasteiger partial charge in [0.2, 0.25) is 0 Å². The summed E-state index contributed by atoms with van der Waals surface area (Å²) in [5.41, 5.74) is 6.43. The summed E-state index contributed by atoms with van der Waals surface area (Å²) in [5, 5.41) is 0. The molecule has 0 amide bonds. The summed E-state index contributed by atoms with van der Waals surface area (Å²) < 4.78 is 0. The first kappa shape index (κ1) is 4.77. The molecule has 2 heteroatoms. The minimum absolute atomic E-state index is 0.823. The van der Waals surface area contributed by atoms with Crippen LogP contribution in [-0.4, -0.2) is 12.6 Å². The second kappa shape index (κ2) is 1.71. The molecule has 2 aliphatic rings. The van der Waals surface area contributed by atoms with Crippen LogP contribution in [0.3, 0.4) is 0 Å². The van der Waals surface area contributed by atoms with E-state index in [1.165, 1.54) is 25.8 Å². The normalized spacial score (nSPS) is 45.0. The average molecular weight is 112 g/mol. The summed E-state index contributed by atoms with van der Waals surface area (Å²) in [6.45, 7) is 1.17. The predicted molar refractivity (Wildman–Crippen MR) is 32.3 cm³/mol. The van der Waals surface area contributed by atoms with Gasteiger partial charge in [-0.05, 0) is 25.2 Å². The number of hydrogen-bond donors (Lipinski definition) is 2. The molecule has 2 N–H and O–H groups in total. The van der Waals surface area contributed by atoms with Crippen LogP contribution < -0.4 is 10.9 Å². The van der Waals surface area contributed by atoms with E-state index in [1.54, 1.807) is 0 Å². The van der Waals surface area contributed by atoms with E-state index in [9.17, 15) is 0 Å². The van der Waals surface area contributed by atoms with Crippen molar-refractivity contribution in [2.75, 3.05) is 6.54 Å². The molecule has 0 radical (unpaired) electrons. The van der Waals surface area contributed by atoms with Gasteiger partial charge in [-0.1, -0.05) is 0 Å². The maximum absolute atomic E-state index is 3.27. The summed E-state index contributed by atoms with van der Waals surface area (Å²) in [5.74, 6) is 1.01. The maximum Gasteiger partial charge on any atom is 0.0241 e. The van der Waals surface area contributed by atoms with Crippen LogP contribution in [0.15, 0.2) is 0 Å². The van der Waals surface area contributed by atoms with Crippen molar-refractivity contribution in [3.8, 4) is 0 Å². The molecular formula is C6H12N2. The first-order chi connectivity index (χ1) is 3.97. The highest BCUT2D eigenvalue weighted by Crippen LogP contribution is 2.30. The van der Waals surface area contributed by atoms with Crippen molar-refractivity contribution in [3.05, 3.63) is 0 Å². The molecule has 0 aromatic heterocycles. The van der Waals surface area contributed by atoms with E-state index >= 15 is 0 Å². The van der Waals surface area contributed by atoms with Crippen LogP contribution in [0, 0.1) is 5.92 Å². The van der Waals surface area contributed by atoms with Gasteiger partial charge < -0.3 is 0 Å². The Kier molecular flexibility index (Phi) is 1.02. The van der Waals surface area contributed by atoms with Gasteiger partial charge in [0.1, 0.15) is 0 Å². The van der Waals surface area contributed by atoms with Crippen LogP contribution in [0.2, 0.25) is 0 Å². The fourth-order valence-corrected chi connectivity index (χ4v) is 1.57. The Morgan fingerprint density at radius 2 is 2.12 bits per heavy atom. The third kappa shape index (κ3) is 0.565. The molecular weight excluding hydrogens is 100 g/mol. The summed E-state index contributed by atoms with van der Waals surface area (Å²) in [6, 6.07) is 0.823. The maximum atomic E-state index is 3.27. The Hall–Kier alpha value is -0.0800. The van der Waals surface area contributed by atoms with Crippen LogP contribution >= 0.6 is 0 Å². The molecule has 1 aliphatic carbocycles. The molecule has 2 nitrogen and oxygen atoms in total. The van der Waals surface area contributed by atoms with E-state index in [1.807, 2.05) is 0 Å². The minimum Gasteiger partial charge on any atom is -0.258 e. The Labute approximate surface area is 49.6 Å². The van der Waals surface area contributed by atoms with Gasteiger partial charge in [-0.25, -0.2) is 0 Å². The number of rotatable bonds is 0. The lowest BCUT2D eigenvalue weighted by Gasteiger charge is -2.41. The molecule has 2 rings (SSSR count). The molecule has 2 fully saturated rings. The van der Waals surface area contributed by atoms with Gasteiger partial charge >= 0.3 is 0 Å². The average Bonchev–Trinajstić information content (AvgIpc) is 1.72. The Morgan fingerprint density at radius 3 is 2.50 bits per heavy atom. The lowest BCUT2D eigenvalue weighted by Crippen LogP contribution is -2.55. The zero-order valence-corrected chi connectivity index (χ0v) is 4.98. The molecule has 0 spiro atoms. The second-order valence-corrected chi connectivity index (χ2v) is 2.80. The molecule has 2 unspecified atom stereocenters. The van der Waals surface area contributed by atoms with Gasteiger partial charge in [0.05, 0.1) is 0 Å². The first-order valence-electron chi connectivity index (χ1n) is 3.45. The Morgan fingerprint density at radius 1 is 1.12 bits per heavy atom. The van der Waals surface area contributed by atoms with Gasteiger partial charge in [0.15, 0.2) is 0 Å². The number of nitrogens with one attached hydrogen (secondary N) is 2. The largest absolute Gasteiger partial charge is 0.258 e. The molecule has 1 heterocycles. The highest BCUT2D eigenvalue weighted by molar-refractivity contribution is 4.88. The molecule has 1 aliphatic heterocycles. The summed E-state index contributed by atoms with van der Waals surface area (Å²) >= 11 is 0. The molecule has 0 bridgehead atoms. The van der Waals surface area contributed by atoms with E-state index in [0.29, 0.717) is 0 Å². The van der Waals surface area contributed by atoms with Crippen molar-refractivity contribution in [1.82, 2.24) is 10.9 Å². The number of fused-ring (bicyclic) bond motifs is 1. The predicted octanol–water partition coefficient (Wildman–Crippen LogP) is 0.263. The van der Waals surface area contributed by atoms with Crippen molar-refractivity contribution >= 4 is 0 Å². The molecule has 2 atom stereocenters. The molecule has 46 valence electrons. The lowest BCUT2D eigenvalue weighted by atomic mass is 9.77. The Balaban J connectivity index is 1.92. The van der Waals surface area contributed by atoms with Gasteiger partial charge in [0, 0.05) is 12.6 Å². The van der Waals surface area contributed by atoms with Crippen LogP contribution in [0.4, 0.5) is 0 Å². The monoisotopic (exact) mass is 112 g/mol.